The molecule has 1 heterocycles. The molecule has 0 saturated heterocycles. The SMILES string of the molecule is CCOC(=O)c1nccn1C(C)C. The minimum atomic E-state index is -0.360. The van der Waals surface area contributed by atoms with Crippen molar-refractivity contribution in [1.29, 1.82) is 0 Å². The number of aromatic nitrogens is 2. The lowest BCUT2D eigenvalue weighted by atomic mass is 10.4. The average Bonchev–Trinajstić information content (AvgIpc) is 2.52. The molecule has 1 rings (SSSR count). The van der Waals surface area contributed by atoms with E-state index < -0.39 is 0 Å². The van der Waals surface area contributed by atoms with Crippen molar-refractivity contribution in [1.82, 2.24) is 9.55 Å². The second-order valence-electron chi connectivity index (χ2n) is 2.97. The molecule has 0 aliphatic carbocycles. The van der Waals surface area contributed by atoms with Gasteiger partial charge in [0.2, 0.25) is 5.82 Å². The molecule has 0 saturated carbocycles. The Morgan fingerprint density at radius 3 is 2.92 bits per heavy atom. The number of hydrogen-bond donors (Lipinski definition) is 0. The molecule has 13 heavy (non-hydrogen) atoms. The standard InChI is InChI=1S/C9H14N2O2/c1-4-13-9(12)8-10-5-6-11(8)7(2)3/h5-7H,4H2,1-3H3. The Bertz CT molecular complexity index is 292. The van der Waals surface area contributed by atoms with E-state index in [9.17, 15) is 4.79 Å². The van der Waals surface area contributed by atoms with Crippen molar-refractivity contribution in [3.8, 4) is 0 Å². The smallest absolute Gasteiger partial charge is 0.374 e. The van der Waals surface area contributed by atoms with Gasteiger partial charge in [-0.05, 0) is 20.8 Å². The summed E-state index contributed by atoms with van der Waals surface area (Å²) in [6.07, 6.45) is 3.38. The van der Waals surface area contributed by atoms with Crippen molar-refractivity contribution < 1.29 is 9.53 Å². The van der Waals surface area contributed by atoms with Crippen LogP contribution in [-0.4, -0.2) is 22.1 Å². The largest absolute Gasteiger partial charge is 0.460 e. The molecular weight excluding hydrogens is 168 g/mol. The fraction of sp³-hybridized carbons (Fsp3) is 0.556. The molecule has 0 unspecified atom stereocenters. The van der Waals surface area contributed by atoms with Crippen molar-refractivity contribution in [3.63, 3.8) is 0 Å². The second kappa shape index (κ2) is 4.07. The molecule has 0 spiro atoms. The van der Waals surface area contributed by atoms with Crippen LogP contribution < -0.4 is 0 Å². The van der Waals surface area contributed by atoms with Gasteiger partial charge in [0.1, 0.15) is 0 Å². The highest BCUT2D eigenvalue weighted by Gasteiger charge is 2.14. The molecule has 0 fully saturated rings. The number of imidazole rings is 1. The zero-order valence-corrected chi connectivity index (χ0v) is 8.15. The zero-order chi connectivity index (χ0) is 9.84. The summed E-state index contributed by atoms with van der Waals surface area (Å²) in [5.74, 6) is 0.0121. The first kappa shape index (κ1) is 9.77. The number of nitrogens with zero attached hydrogens (tertiary/aromatic N) is 2. The van der Waals surface area contributed by atoms with Gasteiger partial charge in [0.15, 0.2) is 0 Å². The van der Waals surface area contributed by atoms with Gasteiger partial charge in [-0.1, -0.05) is 0 Å². The molecule has 0 amide bonds. The Balaban J connectivity index is 2.87. The molecule has 0 atom stereocenters. The summed E-state index contributed by atoms with van der Waals surface area (Å²) >= 11 is 0. The van der Waals surface area contributed by atoms with Crippen LogP contribution >= 0.6 is 0 Å². The molecule has 0 N–H and O–H groups in total. The van der Waals surface area contributed by atoms with Crippen molar-refractivity contribution >= 4 is 5.97 Å². The molecule has 0 aliphatic heterocycles. The van der Waals surface area contributed by atoms with Gasteiger partial charge in [-0.3, -0.25) is 0 Å². The van der Waals surface area contributed by atoms with Crippen LogP contribution in [0.15, 0.2) is 12.4 Å². The van der Waals surface area contributed by atoms with Crippen molar-refractivity contribution in [2.75, 3.05) is 6.61 Å². The number of carbonyl (C=O) groups excluding carboxylic acids is 1. The summed E-state index contributed by atoms with van der Waals surface area (Å²) in [7, 11) is 0. The molecule has 0 radical (unpaired) electrons. The molecular formula is C9H14N2O2. The fourth-order valence-electron chi connectivity index (χ4n) is 1.08. The Morgan fingerprint density at radius 1 is 1.69 bits per heavy atom. The minimum absolute atomic E-state index is 0.224. The van der Waals surface area contributed by atoms with E-state index in [-0.39, 0.29) is 12.0 Å². The summed E-state index contributed by atoms with van der Waals surface area (Å²) in [5, 5.41) is 0. The summed E-state index contributed by atoms with van der Waals surface area (Å²) in [4.78, 5) is 15.3. The first-order chi connectivity index (χ1) is 6.16. The monoisotopic (exact) mass is 182 g/mol. The number of rotatable bonds is 3. The van der Waals surface area contributed by atoms with Gasteiger partial charge in [-0.25, -0.2) is 9.78 Å². The van der Waals surface area contributed by atoms with Crippen LogP contribution in [0.1, 0.15) is 37.4 Å². The van der Waals surface area contributed by atoms with Gasteiger partial charge >= 0.3 is 5.97 Å². The Labute approximate surface area is 77.5 Å². The maximum absolute atomic E-state index is 11.3. The number of hydrogen-bond acceptors (Lipinski definition) is 3. The topological polar surface area (TPSA) is 44.1 Å². The third kappa shape index (κ3) is 2.08. The number of esters is 1. The zero-order valence-electron chi connectivity index (χ0n) is 8.15. The van der Waals surface area contributed by atoms with Crippen LogP contribution in [0.25, 0.3) is 0 Å². The van der Waals surface area contributed by atoms with E-state index in [1.807, 2.05) is 13.8 Å². The molecule has 1 aromatic rings. The summed E-state index contributed by atoms with van der Waals surface area (Å²) in [6, 6.07) is 0.224. The van der Waals surface area contributed by atoms with E-state index >= 15 is 0 Å². The van der Waals surface area contributed by atoms with Crippen molar-refractivity contribution in [2.45, 2.75) is 26.8 Å². The van der Waals surface area contributed by atoms with E-state index in [2.05, 4.69) is 4.98 Å². The van der Waals surface area contributed by atoms with Crippen LogP contribution in [0.2, 0.25) is 0 Å². The minimum Gasteiger partial charge on any atom is -0.460 e. The predicted octanol–water partition coefficient (Wildman–Crippen LogP) is 1.64. The van der Waals surface area contributed by atoms with Crippen molar-refractivity contribution in [3.05, 3.63) is 18.2 Å². The summed E-state index contributed by atoms with van der Waals surface area (Å²) in [6.45, 7) is 6.14. The van der Waals surface area contributed by atoms with Crippen molar-refractivity contribution in [2.24, 2.45) is 0 Å². The molecule has 0 aliphatic rings. The summed E-state index contributed by atoms with van der Waals surface area (Å²) < 4.78 is 6.64. The third-order valence-corrected chi connectivity index (χ3v) is 1.68. The van der Waals surface area contributed by atoms with Crippen LogP contribution in [0.4, 0.5) is 0 Å². The van der Waals surface area contributed by atoms with Crippen LogP contribution in [0.3, 0.4) is 0 Å². The Kier molecular flexibility index (Phi) is 3.06. The van der Waals surface area contributed by atoms with Gasteiger partial charge in [0, 0.05) is 18.4 Å². The van der Waals surface area contributed by atoms with Gasteiger partial charge in [-0.2, -0.15) is 0 Å². The molecule has 0 bridgehead atoms. The predicted molar refractivity (Wildman–Crippen MR) is 48.6 cm³/mol. The lowest BCUT2D eigenvalue weighted by molar-refractivity contribution is 0.0504. The van der Waals surface area contributed by atoms with E-state index in [4.69, 9.17) is 4.74 Å². The lowest BCUT2D eigenvalue weighted by Crippen LogP contribution is -2.14. The molecule has 1 aromatic heterocycles. The van der Waals surface area contributed by atoms with Crippen LogP contribution in [0, 0.1) is 0 Å². The Morgan fingerprint density at radius 2 is 2.38 bits per heavy atom. The highest BCUT2D eigenvalue weighted by atomic mass is 16.5. The average molecular weight is 182 g/mol. The third-order valence-electron chi connectivity index (χ3n) is 1.68. The number of ether oxygens (including phenoxy) is 1. The van der Waals surface area contributed by atoms with Gasteiger partial charge in [0.25, 0.3) is 0 Å². The normalized spacial score (nSPS) is 10.5. The first-order valence-corrected chi connectivity index (χ1v) is 4.36. The first-order valence-electron chi connectivity index (χ1n) is 4.36. The van der Waals surface area contributed by atoms with E-state index in [1.165, 1.54) is 0 Å². The molecule has 4 nitrogen and oxygen atoms in total. The Hall–Kier alpha value is -1.32. The van der Waals surface area contributed by atoms with E-state index in [0.717, 1.165) is 0 Å². The van der Waals surface area contributed by atoms with E-state index in [1.54, 1.807) is 23.9 Å². The maximum Gasteiger partial charge on any atom is 0.374 e. The van der Waals surface area contributed by atoms with Gasteiger partial charge < -0.3 is 9.30 Å². The maximum atomic E-state index is 11.3. The van der Waals surface area contributed by atoms with Gasteiger partial charge in [-0.15, -0.1) is 0 Å². The second-order valence-corrected chi connectivity index (χ2v) is 2.97. The van der Waals surface area contributed by atoms with Crippen LogP contribution in [-0.2, 0) is 4.74 Å². The summed E-state index contributed by atoms with van der Waals surface area (Å²) in [5.41, 5.74) is 0. The molecule has 4 heteroatoms. The molecule has 72 valence electrons. The highest BCUT2D eigenvalue weighted by Crippen LogP contribution is 2.08. The van der Waals surface area contributed by atoms with Crippen LogP contribution in [0.5, 0.6) is 0 Å². The quantitative estimate of drug-likeness (QED) is 0.667. The molecule has 0 aromatic carbocycles. The highest BCUT2D eigenvalue weighted by molar-refractivity contribution is 5.85. The number of carbonyl (C=O) groups is 1. The van der Waals surface area contributed by atoms with Gasteiger partial charge in [0.05, 0.1) is 6.61 Å². The van der Waals surface area contributed by atoms with E-state index in [0.29, 0.717) is 12.4 Å². The fourth-order valence-corrected chi connectivity index (χ4v) is 1.08. The lowest BCUT2D eigenvalue weighted by Gasteiger charge is -2.09.